The van der Waals surface area contributed by atoms with Crippen molar-refractivity contribution >= 4 is 33.5 Å². The van der Waals surface area contributed by atoms with Crippen molar-refractivity contribution in [3.8, 4) is 11.5 Å². The van der Waals surface area contributed by atoms with E-state index in [2.05, 4.69) is 0 Å². The van der Waals surface area contributed by atoms with Gasteiger partial charge in [0.1, 0.15) is 10.5 Å². The molecule has 14 nitrogen and oxygen atoms in total. The Labute approximate surface area is 167 Å². The third-order valence-corrected chi connectivity index (χ3v) is 5.02. The monoisotopic (exact) mass is 441 g/mol. The highest BCUT2D eigenvalue weighted by molar-refractivity contribution is 7.87. The molecule has 30 heavy (non-hydrogen) atoms. The van der Waals surface area contributed by atoms with Crippen molar-refractivity contribution < 1.29 is 36.9 Å². The zero-order chi connectivity index (χ0) is 22.8. The molecule has 0 bridgehead atoms. The van der Waals surface area contributed by atoms with Gasteiger partial charge in [0.25, 0.3) is 11.4 Å². The van der Waals surface area contributed by atoms with E-state index in [4.69, 9.17) is 8.92 Å². The second-order valence-electron chi connectivity index (χ2n) is 5.57. The first-order valence-corrected chi connectivity index (χ1v) is 9.03. The molecule has 2 aromatic carbocycles. The maximum absolute atomic E-state index is 12.6. The summed E-state index contributed by atoms with van der Waals surface area (Å²) >= 11 is 0. The smallest absolute Gasteiger partial charge is 0.339 e. The fourth-order valence-electron chi connectivity index (χ4n) is 2.41. The second-order valence-corrected chi connectivity index (χ2v) is 7.11. The Kier molecular flexibility index (Phi) is 5.96. The highest BCUT2D eigenvalue weighted by atomic mass is 32.2. The van der Waals surface area contributed by atoms with Gasteiger partial charge in [0, 0.05) is 11.6 Å². The Hall–Kier alpha value is -4.14. The van der Waals surface area contributed by atoms with Crippen molar-refractivity contribution in [1.29, 1.82) is 0 Å². The van der Waals surface area contributed by atoms with Crippen LogP contribution in [-0.4, -0.2) is 36.6 Å². The summed E-state index contributed by atoms with van der Waals surface area (Å²) in [6, 6.07) is 3.15. The van der Waals surface area contributed by atoms with E-state index >= 15 is 0 Å². The summed E-state index contributed by atoms with van der Waals surface area (Å²) in [5.74, 6) is -1.96. The van der Waals surface area contributed by atoms with Gasteiger partial charge in [-0.05, 0) is 13.0 Å². The van der Waals surface area contributed by atoms with Crippen LogP contribution in [0.1, 0.15) is 15.9 Å². The van der Waals surface area contributed by atoms with Gasteiger partial charge in [-0.15, -0.1) is 0 Å². The lowest BCUT2D eigenvalue weighted by Gasteiger charge is -2.13. The number of nitro groups is 3. The van der Waals surface area contributed by atoms with Crippen molar-refractivity contribution in [2.45, 2.75) is 11.8 Å². The quantitative estimate of drug-likeness (QED) is 0.252. The predicted octanol–water partition coefficient (Wildman–Crippen LogP) is 2.31. The fourth-order valence-corrected chi connectivity index (χ4v) is 3.38. The van der Waals surface area contributed by atoms with Gasteiger partial charge in [0.15, 0.2) is 6.29 Å². The predicted molar refractivity (Wildman–Crippen MR) is 97.3 cm³/mol. The summed E-state index contributed by atoms with van der Waals surface area (Å²) in [5, 5.41) is 33.5. The van der Waals surface area contributed by atoms with Crippen LogP contribution in [-0.2, 0) is 10.1 Å². The number of nitrogens with zero attached hydrogens (tertiary/aromatic N) is 3. The van der Waals surface area contributed by atoms with Crippen LogP contribution < -0.4 is 8.92 Å². The van der Waals surface area contributed by atoms with Crippen molar-refractivity contribution in [2.75, 3.05) is 7.11 Å². The Balaban J connectivity index is 2.79. The number of carbonyl (C=O) groups excluding carboxylic acids is 1. The van der Waals surface area contributed by atoms with E-state index in [0.717, 1.165) is 19.2 Å². The van der Waals surface area contributed by atoms with Crippen molar-refractivity contribution in [3.63, 3.8) is 0 Å². The summed E-state index contributed by atoms with van der Waals surface area (Å²) in [7, 11) is -4.04. The van der Waals surface area contributed by atoms with Crippen LogP contribution >= 0.6 is 0 Å². The van der Waals surface area contributed by atoms with Gasteiger partial charge in [-0.1, -0.05) is 6.07 Å². The average Bonchev–Trinajstić information content (AvgIpc) is 2.66. The topological polar surface area (TPSA) is 199 Å². The minimum Gasteiger partial charge on any atom is -0.487 e. The van der Waals surface area contributed by atoms with E-state index in [1.54, 1.807) is 0 Å². The number of ether oxygens (including phenoxy) is 1. The number of rotatable bonds is 8. The standard InChI is InChI=1S/C15H11N3O11S/c1-8-3-4-9(5-11(8)16(20)21)30(26,27)29-14-10(7-19)12(17(22)23)6-13(18(24)25)15(14)28-2/h3-7H,1-2H3. The summed E-state index contributed by atoms with van der Waals surface area (Å²) in [4.78, 5) is 41.1. The van der Waals surface area contributed by atoms with Gasteiger partial charge in [-0.3, -0.25) is 35.1 Å². The maximum Gasteiger partial charge on any atom is 0.339 e. The van der Waals surface area contributed by atoms with Crippen LogP contribution in [0.15, 0.2) is 29.2 Å². The van der Waals surface area contributed by atoms with Gasteiger partial charge >= 0.3 is 15.8 Å². The minimum atomic E-state index is -4.92. The summed E-state index contributed by atoms with van der Waals surface area (Å²) < 4.78 is 34.8. The number of nitro benzene ring substituents is 3. The van der Waals surface area contributed by atoms with E-state index in [0.29, 0.717) is 12.1 Å². The highest BCUT2D eigenvalue weighted by Crippen LogP contribution is 2.45. The lowest BCUT2D eigenvalue weighted by Crippen LogP contribution is -2.14. The van der Waals surface area contributed by atoms with Crippen molar-refractivity contribution in [3.05, 3.63) is 65.7 Å². The normalized spacial score (nSPS) is 10.9. The Morgan fingerprint density at radius 1 is 0.900 bits per heavy atom. The van der Waals surface area contributed by atoms with Crippen molar-refractivity contribution in [1.82, 2.24) is 0 Å². The molecule has 0 aromatic heterocycles. The van der Waals surface area contributed by atoms with Gasteiger partial charge in [-0.25, -0.2) is 0 Å². The van der Waals surface area contributed by atoms with Gasteiger partial charge < -0.3 is 8.92 Å². The van der Waals surface area contributed by atoms with Crippen LogP contribution in [0, 0.1) is 37.3 Å². The zero-order valence-corrected chi connectivity index (χ0v) is 15.9. The van der Waals surface area contributed by atoms with Crippen LogP contribution in [0.4, 0.5) is 17.1 Å². The molecule has 0 aliphatic carbocycles. The molecule has 0 heterocycles. The number of aldehydes is 1. The number of aryl methyl sites for hydroxylation is 1. The molecule has 0 amide bonds. The molecular weight excluding hydrogens is 430 g/mol. The Bertz CT molecular complexity index is 1190. The first kappa shape index (κ1) is 22.2. The van der Waals surface area contributed by atoms with Gasteiger partial charge in [0.05, 0.1) is 27.9 Å². The van der Waals surface area contributed by atoms with Gasteiger partial charge in [0.2, 0.25) is 11.5 Å². The molecule has 0 fully saturated rings. The molecule has 158 valence electrons. The molecule has 0 atom stereocenters. The van der Waals surface area contributed by atoms with E-state index in [9.17, 15) is 43.6 Å². The Morgan fingerprint density at radius 2 is 1.47 bits per heavy atom. The maximum atomic E-state index is 12.6. The second kappa shape index (κ2) is 8.08. The van der Waals surface area contributed by atoms with Crippen LogP contribution in [0.5, 0.6) is 11.5 Å². The Morgan fingerprint density at radius 3 is 1.93 bits per heavy atom. The average molecular weight is 441 g/mol. The summed E-state index contributed by atoms with van der Waals surface area (Å²) in [6.45, 7) is 1.35. The summed E-state index contributed by atoms with van der Waals surface area (Å²) in [6.07, 6.45) is -0.132. The molecular formula is C15H11N3O11S. The largest absolute Gasteiger partial charge is 0.487 e. The molecule has 2 rings (SSSR count). The molecule has 0 unspecified atom stereocenters. The number of benzene rings is 2. The molecule has 2 aromatic rings. The lowest BCUT2D eigenvalue weighted by atomic mass is 10.1. The molecule has 15 heteroatoms. The SMILES string of the molecule is COc1c([N+](=O)[O-])cc([N+](=O)[O-])c(C=O)c1OS(=O)(=O)c1ccc(C)c([N+](=O)[O-])c1. The molecule has 0 saturated carbocycles. The highest BCUT2D eigenvalue weighted by Gasteiger charge is 2.35. The van der Waals surface area contributed by atoms with Crippen molar-refractivity contribution in [2.24, 2.45) is 0 Å². The number of hydrogen-bond donors (Lipinski definition) is 0. The molecule has 0 saturated heterocycles. The minimum absolute atomic E-state index is 0.132. The molecule has 0 aliphatic heterocycles. The van der Waals surface area contributed by atoms with E-state index < -0.39 is 63.9 Å². The lowest BCUT2D eigenvalue weighted by molar-refractivity contribution is -0.394. The number of hydrogen-bond acceptors (Lipinski definition) is 11. The van der Waals surface area contributed by atoms with E-state index in [1.165, 1.54) is 6.92 Å². The molecule has 0 N–H and O–H groups in total. The van der Waals surface area contributed by atoms with E-state index in [1.807, 2.05) is 0 Å². The number of methoxy groups -OCH3 is 1. The third-order valence-electron chi connectivity index (χ3n) is 3.81. The molecule has 0 radical (unpaired) electrons. The van der Waals surface area contributed by atoms with Crippen LogP contribution in [0.2, 0.25) is 0 Å². The molecule has 0 aliphatic rings. The van der Waals surface area contributed by atoms with Gasteiger partial charge in [-0.2, -0.15) is 8.42 Å². The summed E-state index contributed by atoms with van der Waals surface area (Å²) in [5.41, 5.74) is -3.50. The first-order chi connectivity index (χ1) is 13.9. The molecule has 0 spiro atoms. The van der Waals surface area contributed by atoms with Crippen LogP contribution in [0.25, 0.3) is 0 Å². The van der Waals surface area contributed by atoms with E-state index in [-0.39, 0.29) is 11.8 Å². The zero-order valence-electron chi connectivity index (χ0n) is 15.1. The number of carbonyl (C=O) groups is 1. The fraction of sp³-hybridized carbons (Fsp3) is 0.133. The van der Waals surface area contributed by atoms with Crippen LogP contribution in [0.3, 0.4) is 0 Å². The third kappa shape index (κ3) is 4.00. The first-order valence-electron chi connectivity index (χ1n) is 7.63.